The smallest absolute Gasteiger partial charge is 0.328 e. The lowest BCUT2D eigenvalue weighted by Gasteiger charge is -2.19. The van der Waals surface area contributed by atoms with Crippen LogP contribution in [0.25, 0.3) is 0 Å². The molecular formula is C11H16BrN3O3. The summed E-state index contributed by atoms with van der Waals surface area (Å²) in [7, 11) is 1.34. The number of H-pyrrole nitrogens is 1. The van der Waals surface area contributed by atoms with Gasteiger partial charge in [0.25, 0.3) is 5.56 Å². The van der Waals surface area contributed by atoms with Crippen LogP contribution in [0.2, 0.25) is 0 Å². The van der Waals surface area contributed by atoms with Crippen molar-refractivity contribution in [3.8, 4) is 0 Å². The van der Waals surface area contributed by atoms with E-state index >= 15 is 0 Å². The highest BCUT2D eigenvalue weighted by molar-refractivity contribution is 9.10. The number of carbonyl (C=O) groups is 1. The number of rotatable bonds is 5. The molecule has 0 saturated carbocycles. The number of esters is 1. The minimum Gasteiger partial charge on any atom is -0.467 e. The highest BCUT2D eigenvalue weighted by Gasteiger charge is 2.21. The molecule has 1 rings (SSSR count). The van der Waals surface area contributed by atoms with Gasteiger partial charge in [0.15, 0.2) is 0 Å². The zero-order chi connectivity index (χ0) is 13.7. The minimum absolute atomic E-state index is 0.315. The molecule has 2 N–H and O–H groups in total. The van der Waals surface area contributed by atoms with Gasteiger partial charge >= 0.3 is 5.97 Å². The van der Waals surface area contributed by atoms with Crippen LogP contribution in [0.4, 0.5) is 5.69 Å². The van der Waals surface area contributed by atoms with Gasteiger partial charge in [-0.15, -0.1) is 0 Å². The fourth-order valence-electron chi connectivity index (χ4n) is 1.50. The van der Waals surface area contributed by atoms with Gasteiger partial charge in [0.05, 0.1) is 19.0 Å². The molecule has 1 aromatic heterocycles. The number of nitrogens with one attached hydrogen (secondary N) is 2. The standard InChI is InChI=1S/C11H16BrN3O3/c1-6(2)4-7(11(17)18-3)14-8-5-13-15-10(16)9(8)12/h5-7H,4H2,1-3H3,(H2,14,15,16). The third-order valence-electron chi connectivity index (χ3n) is 2.32. The monoisotopic (exact) mass is 317 g/mol. The number of halogens is 1. The number of carbonyl (C=O) groups excluding carboxylic acids is 1. The van der Waals surface area contributed by atoms with Gasteiger partial charge in [0.2, 0.25) is 0 Å². The van der Waals surface area contributed by atoms with Crippen molar-refractivity contribution in [2.75, 3.05) is 12.4 Å². The van der Waals surface area contributed by atoms with Crippen LogP contribution < -0.4 is 10.9 Å². The molecule has 18 heavy (non-hydrogen) atoms. The van der Waals surface area contributed by atoms with Gasteiger partial charge in [-0.2, -0.15) is 5.10 Å². The first kappa shape index (κ1) is 14.7. The van der Waals surface area contributed by atoms with E-state index in [0.29, 0.717) is 22.5 Å². The molecule has 0 spiro atoms. The molecule has 100 valence electrons. The third-order valence-corrected chi connectivity index (χ3v) is 3.11. The van der Waals surface area contributed by atoms with Crippen LogP contribution in [0.15, 0.2) is 15.5 Å². The average molecular weight is 318 g/mol. The summed E-state index contributed by atoms with van der Waals surface area (Å²) in [5.41, 5.74) is 0.114. The SMILES string of the molecule is COC(=O)C(CC(C)C)Nc1cn[nH]c(=O)c1Br. The summed E-state index contributed by atoms with van der Waals surface area (Å²) in [5, 5.41) is 8.94. The van der Waals surface area contributed by atoms with Crippen LogP contribution in [-0.4, -0.2) is 29.3 Å². The Balaban J connectivity index is 2.92. The summed E-state index contributed by atoms with van der Waals surface area (Å²) in [6, 6.07) is -0.505. The molecule has 0 aliphatic rings. The molecule has 1 aromatic rings. The van der Waals surface area contributed by atoms with Gasteiger partial charge in [-0.1, -0.05) is 13.8 Å². The topological polar surface area (TPSA) is 84.1 Å². The van der Waals surface area contributed by atoms with Crippen LogP contribution in [0.5, 0.6) is 0 Å². The van der Waals surface area contributed by atoms with Gasteiger partial charge in [-0.05, 0) is 28.3 Å². The van der Waals surface area contributed by atoms with E-state index < -0.39 is 6.04 Å². The zero-order valence-electron chi connectivity index (χ0n) is 10.5. The molecule has 1 atom stereocenters. The molecule has 6 nitrogen and oxygen atoms in total. The maximum Gasteiger partial charge on any atom is 0.328 e. The third kappa shape index (κ3) is 3.83. The summed E-state index contributed by atoms with van der Waals surface area (Å²) >= 11 is 3.15. The van der Waals surface area contributed by atoms with E-state index in [2.05, 4.69) is 31.4 Å². The second kappa shape index (κ2) is 6.53. The van der Waals surface area contributed by atoms with Crippen molar-refractivity contribution in [2.45, 2.75) is 26.3 Å². The van der Waals surface area contributed by atoms with Gasteiger partial charge in [0.1, 0.15) is 10.5 Å². The summed E-state index contributed by atoms with van der Waals surface area (Å²) < 4.78 is 5.05. The number of aromatic nitrogens is 2. The lowest BCUT2D eigenvalue weighted by atomic mass is 10.0. The first-order valence-electron chi connectivity index (χ1n) is 5.53. The highest BCUT2D eigenvalue weighted by Crippen LogP contribution is 2.19. The Labute approximate surface area is 113 Å². The van der Waals surface area contributed by atoms with E-state index in [-0.39, 0.29) is 11.5 Å². The van der Waals surface area contributed by atoms with Crippen LogP contribution in [0.1, 0.15) is 20.3 Å². The van der Waals surface area contributed by atoms with Crippen molar-refractivity contribution in [3.63, 3.8) is 0 Å². The van der Waals surface area contributed by atoms with Crippen molar-refractivity contribution >= 4 is 27.6 Å². The number of ether oxygens (including phenoxy) is 1. The lowest BCUT2D eigenvalue weighted by Crippen LogP contribution is -2.32. The summed E-state index contributed by atoms with van der Waals surface area (Å²) in [4.78, 5) is 23.0. The summed E-state index contributed by atoms with van der Waals surface area (Å²) in [6.07, 6.45) is 2.05. The second-order valence-corrected chi connectivity index (χ2v) is 5.07. The van der Waals surface area contributed by atoms with Crippen molar-refractivity contribution in [2.24, 2.45) is 5.92 Å². The van der Waals surface area contributed by atoms with Gasteiger partial charge in [0, 0.05) is 0 Å². The zero-order valence-corrected chi connectivity index (χ0v) is 12.1. The number of hydrogen-bond acceptors (Lipinski definition) is 5. The van der Waals surface area contributed by atoms with Crippen LogP contribution in [0, 0.1) is 5.92 Å². The van der Waals surface area contributed by atoms with Crippen molar-refractivity contribution in [3.05, 3.63) is 21.0 Å². The molecule has 0 aliphatic heterocycles. The predicted octanol–water partition coefficient (Wildman–Crippen LogP) is 1.53. The molecule has 0 amide bonds. The number of aromatic amines is 1. The van der Waals surface area contributed by atoms with E-state index in [1.807, 2.05) is 13.8 Å². The Morgan fingerprint density at radius 2 is 2.28 bits per heavy atom. The Bertz CT molecular complexity index is 473. The quantitative estimate of drug-likeness (QED) is 0.805. The minimum atomic E-state index is -0.505. The first-order valence-corrected chi connectivity index (χ1v) is 6.32. The van der Waals surface area contributed by atoms with E-state index in [9.17, 15) is 9.59 Å². The number of anilines is 1. The number of methoxy groups -OCH3 is 1. The summed E-state index contributed by atoms with van der Waals surface area (Å²) in [6.45, 7) is 4.01. The summed E-state index contributed by atoms with van der Waals surface area (Å²) in [5.74, 6) is -0.0498. The lowest BCUT2D eigenvalue weighted by molar-refractivity contribution is -0.141. The van der Waals surface area contributed by atoms with Gasteiger partial charge in [-0.3, -0.25) is 4.79 Å². The molecule has 0 saturated heterocycles. The highest BCUT2D eigenvalue weighted by atomic mass is 79.9. The molecule has 7 heteroatoms. The van der Waals surface area contributed by atoms with Crippen molar-refractivity contribution in [1.82, 2.24) is 10.2 Å². The normalized spacial score (nSPS) is 12.3. The van der Waals surface area contributed by atoms with E-state index in [0.717, 1.165) is 0 Å². The maximum atomic E-state index is 11.6. The van der Waals surface area contributed by atoms with E-state index in [4.69, 9.17) is 4.74 Å². The van der Waals surface area contributed by atoms with E-state index in [1.165, 1.54) is 13.3 Å². The molecule has 0 bridgehead atoms. The van der Waals surface area contributed by atoms with Crippen LogP contribution >= 0.6 is 15.9 Å². The van der Waals surface area contributed by atoms with Gasteiger partial charge in [-0.25, -0.2) is 9.89 Å². The molecule has 1 heterocycles. The molecule has 0 aliphatic carbocycles. The largest absolute Gasteiger partial charge is 0.467 e. The fraction of sp³-hybridized carbons (Fsp3) is 0.545. The van der Waals surface area contributed by atoms with Crippen LogP contribution in [0.3, 0.4) is 0 Å². The first-order chi connectivity index (χ1) is 8.45. The maximum absolute atomic E-state index is 11.6. The van der Waals surface area contributed by atoms with Gasteiger partial charge < -0.3 is 10.1 Å². The predicted molar refractivity (Wildman–Crippen MR) is 71.4 cm³/mol. The van der Waals surface area contributed by atoms with Crippen LogP contribution in [-0.2, 0) is 9.53 Å². The molecular weight excluding hydrogens is 302 g/mol. The second-order valence-electron chi connectivity index (χ2n) is 4.28. The fourth-order valence-corrected chi connectivity index (χ4v) is 1.81. The van der Waals surface area contributed by atoms with Crippen molar-refractivity contribution in [1.29, 1.82) is 0 Å². The molecule has 0 fully saturated rings. The molecule has 0 radical (unpaired) electrons. The Morgan fingerprint density at radius 1 is 1.61 bits per heavy atom. The Hall–Kier alpha value is -1.37. The Kier molecular flexibility index (Phi) is 5.33. The number of nitrogens with zero attached hydrogens (tertiary/aromatic N) is 1. The number of hydrogen-bond donors (Lipinski definition) is 2. The molecule has 0 aromatic carbocycles. The molecule has 1 unspecified atom stereocenters. The Morgan fingerprint density at radius 3 is 2.83 bits per heavy atom. The average Bonchev–Trinajstić information content (AvgIpc) is 2.32. The van der Waals surface area contributed by atoms with Crippen molar-refractivity contribution < 1.29 is 9.53 Å². The van der Waals surface area contributed by atoms with E-state index in [1.54, 1.807) is 0 Å².